The molecule has 4 aliphatic heterocycles. The lowest BCUT2D eigenvalue weighted by molar-refractivity contribution is -0.577. The van der Waals surface area contributed by atoms with Gasteiger partial charge in [0.1, 0.15) is 0 Å². The van der Waals surface area contributed by atoms with E-state index < -0.39 is 17.7 Å². The lowest BCUT2D eigenvalue weighted by Crippen LogP contribution is -2.70. The normalized spacial score (nSPS) is 53.5. The van der Waals surface area contributed by atoms with Crippen molar-refractivity contribution in [1.29, 1.82) is 0 Å². The summed E-state index contributed by atoms with van der Waals surface area (Å²) in [5, 5.41) is 0.940. The Kier molecular flexibility index (Phi) is 4.76. The quantitative estimate of drug-likeness (QED) is 0.402. The highest BCUT2D eigenvalue weighted by Gasteiger charge is 2.69. The van der Waals surface area contributed by atoms with Crippen LogP contribution in [-0.2, 0) is 24.0 Å². The summed E-state index contributed by atoms with van der Waals surface area (Å²) in [5.74, 6) is 0.906. The van der Waals surface area contributed by atoms with Crippen molar-refractivity contribution < 1.29 is 24.0 Å². The molecule has 0 amide bonds. The first-order valence-electron chi connectivity index (χ1n) is 9.38. The van der Waals surface area contributed by atoms with Gasteiger partial charge in [-0.25, -0.2) is 9.78 Å². The molecule has 0 N–H and O–H groups in total. The van der Waals surface area contributed by atoms with Gasteiger partial charge in [0, 0.05) is 23.6 Å². The molecule has 0 aromatic heterocycles. The first kappa shape index (κ1) is 17.7. The summed E-state index contributed by atoms with van der Waals surface area (Å²) in [6, 6.07) is 0. The lowest BCUT2D eigenvalue weighted by Gasteiger charge is -2.60. The monoisotopic (exact) mass is 404 g/mol. The summed E-state index contributed by atoms with van der Waals surface area (Å²) in [7, 11) is 0. The maximum absolute atomic E-state index is 6.34. The van der Waals surface area contributed by atoms with Crippen molar-refractivity contribution >= 4 is 15.9 Å². The summed E-state index contributed by atoms with van der Waals surface area (Å²) in [4.78, 5) is 11.9. The van der Waals surface area contributed by atoms with Gasteiger partial charge in [-0.1, -0.05) is 29.8 Å². The zero-order valence-corrected chi connectivity index (χ0v) is 16.4. The Hall–Kier alpha value is 0.280. The minimum Gasteiger partial charge on any atom is -0.352 e. The van der Waals surface area contributed by atoms with Crippen LogP contribution in [0, 0.1) is 23.7 Å². The average Bonchev–Trinajstić information content (AvgIpc) is 2.78. The molecule has 0 aromatic carbocycles. The molecule has 4 saturated heterocycles. The van der Waals surface area contributed by atoms with Crippen molar-refractivity contribution in [2.45, 2.75) is 76.8 Å². The van der Waals surface area contributed by atoms with E-state index in [0.717, 1.165) is 31.0 Å². The number of halogens is 1. The van der Waals surface area contributed by atoms with E-state index in [2.05, 4.69) is 29.8 Å². The standard InChI is InChI=1S/C18H29BrO5/c1-11-5-6-14-12(2)15(20-10-4-9-19)21-16-18(14)13(11)7-8-17(3,22-16)23-24-18/h11-16H,4-10H2,1-3H3/t11-,12-,13+,14+,15+,16-,17+,18-/m1/s1. The molecule has 5 fully saturated rings. The molecule has 24 heavy (non-hydrogen) atoms. The van der Waals surface area contributed by atoms with Gasteiger partial charge in [-0.15, -0.1) is 0 Å². The van der Waals surface area contributed by atoms with Gasteiger partial charge in [0.25, 0.3) is 0 Å². The molecule has 5 nitrogen and oxygen atoms in total. The number of hydrogen-bond donors (Lipinski definition) is 0. The maximum atomic E-state index is 6.34. The Morgan fingerprint density at radius 3 is 2.75 bits per heavy atom. The van der Waals surface area contributed by atoms with Crippen LogP contribution in [0.25, 0.3) is 0 Å². The van der Waals surface area contributed by atoms with Crippen LogP contribution in [0.2, 0.25) is 0 Å². The van der Waals surface area contributed by atoms with Crippen LogP contribution < -0.4 is 0 Å². The van der Waals surface area contributed by atoms with E-state index >= 15 is 0 Å². The van der Waals surface area contributed by atoms with Crippen molar-refractivity contribution in [3.63, 3.8) is 0 Å². The van der Waals surface area contributed by atoms with Gasteiger partial charge in [-0.05, 0) is 44.4 Å². The Morgan fingerprint density at radius 1 is 1.12 bits per heavy atom. The second kappa shape index (κ2) is 6.46. The van der Waals surface area contributed by atoms with E-state index in [-0.39, 0.29) is 12.2 Å². The summed E-state index contributed by atoms with van der Waals surface area (Å²) in [6.45, 7) is 7.21. The zero-order valence-electron chi connectivity index (χ0n) is 14.8. The predicted molar refractivity (Wildman–Crippen MR) is 91.2 cm³/mol. The Balaban J connectivity index is 1.64. The number of alkyl halides is 1. The van der Waals surface area contributed by atoms with E-state index in [1.165, 1.54) is 6.42 Å². The van der Waals surface area contributed by atoms with Crippen LogP contribution in [0.1, 0.15) is 52.9 Å². The highest BCUT2D eigenvalue weighted by molar-refractivity contribution is 9.09. The first-order chi connectivity index (χ1) is 11.5. The summed E-state index contributed by atoms with van der Waals surface area (Å²) >= 11 is 3.45. The van der Waals surface area contributed by atoms with E-state index in [1.54, 1.807) is 0 Å². The average molecular weight is 405 g/mol. The van der Waals surface area contributed by atoms with Crippen LogP contribution in [0.3, 0.4) is 0 Å². The topological polar surface area (TPSA) is 46.2 Å². The van der Waals surface area contributed by atoms with Gasteiger partial charge < -0.3 is 14.2 Å². The molecule has 5 rings (SSSR count). The number of rotatable bonds is 4. The third-order valence-corrected chi connectivity index (χ3v) is 7.22. The smallest absolute Gasteiger partial charge is 0.201 e. The molecular formula is C18H29BrO5. The van der Waals surface area contributed by atoms with E-state index in [9.17, 15) is 0 Å². The Bertz CT molecular complexity index is 476. The molecule has 1 aliphatic carbocycles. The summed E-state index contributed by atoms with van der Waals surface area (Å²) in [6.07, 6.45) is 4.59. The molecule has 8 atom stereocenters. The fourth-order valence-electron chi connectivity index (χ4n) is 5.32. The Morgan fingerprint density at radius 2 is 1.96 bits per heavy atom. The molecule has 4 heterocycles. The van der Waals surface area contributed by atoms with E-state index in [0.29, 0.717) is 24.4 Å². The maximum Gasteiger partial charge on any atom is 0.201 e. The third kappa shape index (κ3) is 2.60. The van der Waals surface area contributed by atoms with Crippen LogP contribution in [0.5, 0.6) is 0 Å². The van der Waals surface area contributed by atoms with Crippen LogP contribution in [-0.4, -0.2) is 35.9 Å². The van der Waals surface area contributed by atoms with Crippen molar-refractivity contribution in [3.05, 3.63) is 0 Å². The van der Waals surface area contributed by atoms with Gasteiger partial charge in [0.2, 0.25) is 5.79 Å². The molecule has 0 aromatic rings. The molecular weight excluding hydrogens is 376 g/mol. The van der Waals surface area contributed by atoms with Gasteiger partial charge >= 0.3 is 0 Å². The van der Waals surface area contributed by atoms with Gasteiger partial charge in [-0.3, -0.25) is 0 Å². The van der Waals surface area contributed by atoms with Crippen molar-refractivity contribution in [1.82, 2.24) is 0 Å². The van der Waals surface area contributed by atoms with Gasteiger partial charge in [-0.2, -0.15) is 0 Å². The molecule has 0 unspecified atom stereocenters. The Labute approximate surface area is 152 Å². The van der Waals surface area contributed by atoms with Crippen LogP contribution in [0.15, 0.2) is 0 Å². The van der Waals surface area contributed by atoms with Crippen molar-refractivity contribution in [2.24, 2.45) is 23.7 Å². The molecule has 1 saturated carbocycles. The van der Waals surface area contributed by atoms with Crippen molar-refractivity contribution in [3.8, 4) is 0 Å². The van der Waals surface area contributed by atoms with E-state index in [1.807, 2.05) is 6.92 Å². The molecule has 138 valence electrons. The number of fused-ring (bicyclic) bond motifs is 2. The van der Waals surface area contributed by atoms with Gasteiger partial charge in [0.15, 0.2) is 18.2 Å². The molecule has 2 bridgehead atoms. The predicted octanol–water partition coefficient (Wildman–Crippen LogP) is 4.00. The SMILES string of the molecule is C[C@H]1[C@@H](OCCCBr)O[C@@H]2O[C@]3(C)CC[C@H]4[C@H](C)CC[C@@H]1[C@@]24OO3. The molecule has 0 radical (unpaired) electrons. The summed E-state index contributed by atoms with van der Waals surface area (Å²) in [5.41, 5.74) is -0.484. The van der Waals surface area contributed by atoms with Crippen LogP contribution >= 0.6 is 15.9 Å². The third-order valence-electron chi connectivity index (χ3n) is 6.66. The van der Waals surface area contributed by atoms with Gasteiger partial charge in [0.05, 0.1) is 6.61 Å². The fraction of sp³-hybridized carbons (Fsp3) is 1.00. The number of ether oxygens (including phenoxy) is 3. The molecule has 1 spiro atoms. The number of hydrogen-bond acceptors (Lipinski definition) is 5. The van der Waals surface area contributed by atoms with E-state index in [4.69, 9.17) is 24.0 Å². The largest absolute Gasteiger partial charge is 0.352 e. The van der Waals surface area contributed by atoms with Crippen LogP contribution in [0.4, 0.5) is 0 Å². The minimum atomic E-state index is -0.710. The second-order valence-corrected chi connectivity index (χ2v) is 8.98. The zero-order chi connectivity index (χ0) is 16.9. The minimum absolute atomic E-state index is 0.231. The fourth-order valence-corrected chi connectivity index (χ4v) is 5.55. The first-order valence-corrected chi connectivity index (χ1v) is 10.5. The lowest BCUT2D eigenvalue weighted by atomic mass is 9.58. The second-order valence-electron chi connectivity index (χ2n) is 8.19. The summed E-state index contributed by atoms with van der Waals surface area (Å²) < 4.78 is 18.7. The molecule has 5 aliphatic rings. The molecule has 6 heteroatoms. The van der Waals surface area contributed by atoms with Crippen molar-refractivity contribution in [2.75, 3.05) is 11.9 Å². The highest BCUT2D eigenvalue weighted by atomic mass is 79.9. The highest BCUT2D eigenvalue weighted by Crippen LogP contribution is 2.60.